The molecule has 0 aromatic carbocycles. The molecule has 2 unspecified atom stereocenters. The molecular weight excluding hydrogens is 407 g/mol. The average Bonchev–Trinajstić information content (AvgIpc) is 3.03. The van der Waals surface area contributed by atoms with E-state index >= 15 is 0 Å². The van der Waals surface area contributed by atoms with Crippen LogP contribution in [0.5, 0.6) is 0 Å². The molecule has 5 heterocycles. The third-order valence-electron chi connectivity index (χ3n) is 6.29. The van der Waals surface area contributed by atoms with Gasteiger partial charge in [0.2, 0.25) is 0 Å². The zero-order chi connectivity index (χ0) is 21.7. The zero-order valence-corrected chi connectivity index (χ0v) is 19.6. The SMILES string of the molecule is CC1=CC(N2CCCN(C)CC2)=CN2C(=O)C=C(c3cc4c(C)nc(C)cn4n3)PC12. The van der Waals surface area contributed by atoms with Gasteiger partial charge in [-0.1, -0.05) is 8.58 Å². The van der Waals surface area contributed by atoms with Crippen molar-refractivity contribution in [3.8, 4) is 0 Å². The maximum Gasteiger partial charge on any atom is 0.252 e. The molecule has 3 aliphatic heterocycles. The molecule has 1 saturated heterocycles. The molecule has 2 aromatic rings. The first-order valence-electron chi connectivity index (χ1n) is 10.9. The summed E-state index contributed by atoms with van der Waals surface area (Å²) in [4.78, 5) is 24.4. The summed E-state index contributed by atoms with van der Waals surface area (Å²) in [5.41, 5.74) is 6.15. The highest BCUT2D eigenvalue weighted by molar-refractivity contribution is 7.51. The summed E-state index contributed by atoms with van der Waals surface area (Å²) in [5.74, 6) is 0.121. The largest absolute Gasteiger partial charge is 0.369 e. The minimum atomic E-state index is 0.0405. The molecule has 31 heavy (non-hydrogen) atoms. The lowest BCUT2D eigenvalue weighted by atomic mass is 10.1. The van der Waals surface area contributed by atoms with E-state index in [-0.39, 0.29) is 11.7 Å². The van der Waals surface area contributed by atoms with Gasteiger partial charge in [-0.25, -0.2) is 4.52 Å². The molecule has 5 rings (SSSR count). The van der Waals surface area contributed by atoms with Crippen LogP contribution in [0, 0.1) is 13.8 Å². The van der Waals surface area contributed by atoms with E-state index in [0.29, 0.717) is 8.58 Å². The van der Waals surface area contributed by atoms with Crippen LogP contribution in [0.3, 0.4) is 0 Å². The summed E-state index contributed by atoms with van der Waals surface area (Å²) in [5, 5.41) is 5.78. The van der Waals surface area contributed by atoms with E-state index in [4.69, 9.17) is 5.10 Å². The molecule has 0 aliphatic carbocycles. The van der Waals surface area contributed by atoms with Crippen molar-refractivity contribution < 1.29 is 4.79 Å². The molecule has 0 bridgehead atoms. The zero-order valence-electron chi connectivity index (χ0n) is 18.6. The lowest BCUT2D eigenvalue weighted by Crippen LogP contribution is -2.40. The number of fused-ring (bicyclic) bond motifs is 2. The van der Waals surface area contributed by atoms with E-state index in [0.717, 1.165) is 66.2 Å². The van der Waals surface area contributed by atoms with Gasteiger partial charge in [0, 0.05) is 37.2 Å². The Balaban J connectivity index is 1.44. The van der Waals surface area contributed by atoms with Crippen LogP contribution in [-0.4, -0.2) is 74.2 Å². The van der Waals surface area contributed by atoms with Crippen molar-refractivity contribution in [2.75, 3.05) is 33.2 Å². The second-order valence-corrected chi connectivity index (χ2v) is 10.1. The van der Waals surface area contributed by atoms with Crippen molar-refractivity contribution in [3.05, 3.63) is 59.0 Å². The van der Waals surface area contributed by atoms with Gasteiger partial charge in [-0.15, -0.1) is 0 Å². The van der Waals surface area contributed by atoms with Crippen molar-refractivity contribution in [3.63, 3.8) is 0 Å². The molecule has 1 amide bonds. The van der Waals surface area contributed by atoms with Gasteiger partial charge in [-0.2, -0.15) is 5.10 Å². The number of hydrogen-bond donors (Lipinski definition) is 0. The number of carbonyl (C=O) groups excluding carboxylic acids is 1. The maximum atomic E-state index is 13.2. The number of aryl methyl sites for hydroxylation is 2. The van der Waals surface area contributed by atoms with Gasteiger partial charge < -0.3 is 14.7 Å². The third-order valence-corrected chi connectivity index (χ3v) is 8.01. The van der Waals surface area contributed by atoms with Gasteiger partial charge in [-0.3, -0.25) is 9.78 Å². The molecule has 7 nitrogen and oxygen atoms in total. The molecule has 162 valence electrons. The van der Waals surface area contributed by atoms with Crippen LogP contribution in [0.25, 0.3) is 10.8 Å². The molecule has 0 radical (unpaired) electrons. The van der Waals surface area contributed by atoms with E-state index in [9.17, 15) is 4.79 Å². The third kappa shape index (κ3) is 3.81. The highest BCUT2D eigenvalue weighted by atomic mass is 31.1. The number of allylic oxidation sites excluding steroid dienone is 1. The summed E-state index contributed by atoms with van der Waals surface area (Å²) in [6.07, 6.45) is 9.19. The van der Waals surface area contributed by atoms with Crippen molar-refractivity contribution in [1.82, 2.24) is 29.3 Å². The first-order valence-corrected chi connectivity index (χ1v) is 11.9. The van der Waals surface area contributed by atoms with Crippen LogP contribution in [-0.2, 0) is 4.79 Å². The lowest BCUT2D eigenvalue weighted by Gasteiger charge is -2.38. The summed E-state index contributed by atoms with van der Waals surface area (Å²) in [6, 6.07) is 2.06. The monoisotopic (exact) mass is 436 g/mol. The molecule has 2 aromatic heterocycles. The van der Waals surface area contributed by atoms with Gasteiger partial charge >= 0.3 is 0 Å². The Labute approximate surface area is 184 Å². The van der Waals surface area contributed by atoms with Crippen LogP contribution >= 0.6 is 8.58 Å². The molecular formula is C23H29N6OP. The van der Waals surface area contributed by atoms with E-state index in [1.165, 1.54) is 5.57 Å². The topological polar surface area (TPSA) is 57.0 Å². The Morgan fingerprint density at radius 1 is 1.10 bits per heavy atom. The number of rotatable bonds is 2. The van der Waals surface area contributed by atoms with Crippen LogP contribution in [0.2, 0.25) is 0 Å². The fourth-order valence-electron chi connectivity index (χ4n) is 4.59. The van der Waals surface area contributed by atoms with E-state index in [1.807, 2.05) is 29.5 Å². The molecule has 2 atom stereocenters. The van der Waals surface area contributed by atoms with Gasteiger partial charge in [0.05, 0.1) is 40.3 Å². The minimum Gasteiger partial charge on any atom is -0.369 e. The Morgan fingerprint density at radius 2 is 1.94 bits per heavy atom. The number of aromatic nitrogens is 3. The van der Waals surface area contributed by atoms with Crippen LogP contribution in [0.15, 0.2) is 41.9 Å². The first kappa shape index (κ1) is 20.4. The van der Waals surface area contributed by atoms with E-state index < -0.39 is 0 Å². The average molecular weight is 437 g/mol. The normalized spacial score (nSPS) is 23.5. The highest BCUT2D eigenvalue weighted by Crippen LogP contribution is 2.47. The number of hydrogen-bond acceptors (Lipinski definition) is 5. The minimum absolute atomic E-state index is 0.0405. The number of likely N-dealkylation sites (N-methyl/N-ethyl adjacent to an activating group) is 1. The smallest absolute Gasteiger partial charge is 0.252 e. The molecule has 8 heteroatoms. The fourth-order valence-corrected chi connectivity index (χ4v) is 6.02. The predicted molar refractivity (Wildman–Crippen MR) is 125 cm³/mol. The Kier molecular flexibility index (Phi) is 5.19. The molecule has 0 saturated carbocycles. The Morgan fingerprint density at radius 3 is 2.77 bits per heavy atom. The van der Waals surface area contributed by atoms with Crippen LogP contribution in [0.1, 0.15) is 30.4 Å². The van der Waals surface area contributed by atoms with Gasteiger partial charge in [0.1, 0.15) is 0 Å². The first-order chi connectivity index (χ1) is 14.9. The number of nitrogens with zero attached hydrogens (tertiary/aromatic N) is 6. The van der Waals surface area contributed by atoms with Gasteiger partial charge in [0.15, 0.2) is 0 Å². The Hall–Kier alpha value is -2.50. The van der Waals surface area contributed by atoms with Crippen LogP contribution in [0.4, 0.5) is 0 Å². The lowest BCUT2D eigenvalue weighted by molar-refractivity contribution is -0.124. The molecule has 3 aliphatic rings. The summed E-state index contributed by atoms with van der Waals surface area (Å²) >= 11 is 0. The maximum absolute atomic E-state index is 13.2. The van der Waals surface area contributed by atoms with Crippen molar-refractivity contribution in [1.29, 1.82) is 0 Å². The quantitative estimate of drug-likeness (QED) is 0.678. The van der Waals surface area contributed by atoms with Gasteiger partial charge in [0.25, 0.3) is 5.91 Å². The number of amides is 1. The molecule has 0 N–H and O–H groups in total. The van der Waals surface area contributed by atoms with E-state index in [2.05, 4.69) is 47.1 Å². The second kappa shape index (κ2) is 7.88. The second-order valence-electron chi connectivity index (χ2n) is 8.76. The summed E-state index contributed by atoms with van der Waals surface area (Å²) < 4.78 is 1.88. The fraction of sp³-hybridized carbons (Fsp3) is 0.435. The van der Waals surface area contributed by atoms with Crippen molar-refractivity contribution in [2.45, 2.75) is 33.0 Å². The van der Waals surface area contributed by atoms with Crippen LogP contribution < -0.4 is 0 Å². The summed E-state index contributed by atoms with van der Waals surface area (Å²) in [6.45, 7) is 10.3. The highest BCUT2D eigenvalue weighted by Gasteiger charge is 2.33. The standard InChI is InChI=1S/C23H29N6OP/c1-15-10-18(27-7-5-6-26(4)8-9-27)14-28-22(30)12-21(31-23(15)28)19-11-20-17(3)24-16(2)13-29(20)25-19/h10-14,23,31H,5-9H2,1-4H3. The van der Waals surface area contributed by atoms with E-state index in [1.54, 1.807) is 6.08 Å². The summed E-state index contributed by atoms with van der Waals surface area (Å²) in [7, 11) is 2.64. The Bertz CT molecular complexity index is 1150. The number of carbonyl (C=O) groups is 1. The molecule has 0 spiro atoms. The van der Waals surface area contributed by atoms with Crippen molar-refractivity contribution in [2.24, 2.45) is 0 Å². The van der Waals surface area contributed by atoms with Crippen molar-refractivity contribution >= 4 is 25.3 Å². The molecule has 1 fully saturated rings. The predicted octanol–water partition coefficient (Wildman–Crippen LogP) is 2.97. The van der Waals surface area contributed by atoms with Gasteiger partial charge in [-0.05, 0) is 58.5 Å².